The average Bonchev–Trinajstić information content (AvgIpc) is 2.83. The molecule has 3 aromatic rings. The standard InChI is InChI=1S/C13H10N4OS/c18-13(17-12-14-6-3-7-15-12)16-10-8-19-11-5-2-1-4-9(10)11/h1-8H,(H2,14,15,16,17,18). The number of fused-ring (bicyclic) bond motifs is 1. The van der Waals surface area contributed by atoms with Gasteiger partial charge < -0.3 is 5.32 Å². The van der Waals surface area contributed by atoms with Gasteiger partial charge in [-0.1, -0.05) is 18.2 Å². The smallest absolute Gasteiger partial charge is 0.306 e. The van der Waals surface area contributed by atoms with Gasteiger partial charge in [0.15, 0.2) is 0 Å². The van der Waals surface area contributed by atoms with Gasteiger partial charge in [-0.2, -0.15) is 0 Å². The molecule has 0 aliphatic rings. The lowest BCUT2D eigenvalue weighted by atomic mass is 10.2. The van der Waals surface area contributed by atoms with E-state index in [1.807, 2.05) is 29.6 Å². The number of nitrogens with one attached hydrogen (secondary N) is 2. The van der Waals surface area contributed by atoms with Crippen LogP contribution in [-0.2, 0) is 0 Å². The van der Waals surface area contributed by atoms with E-state index in [0.29, 0.717) is 0 Å². The van der Waals surface area contributed by atoms with Gasteiger partial charge in [0.25, 0.3) is 0 Å². The predicted molar refractivity (Wildman–Crippen MR) is 76.5 cm³/mol. The van der Waals surface area contributed by atoms with Crippen molar-refractivity contribution >= 4 is 39.1 Å². The van der Waals surface area contributed by atoms with Gasteiger partial charge in [-0.05, 0) is 12.1 Å². The molecule has 19 heavy (non-hydrogen) atoms. The molecule has 0 saturated heterocycles. The summed E-state index contributed by atoms with van der Waals surface area (Å²) in [6, 6.07) is 9.24. The Kier molecular flexibility index (Phi) is 3.07. The summed E-state index contributed by atoms with van der Waals surface area (Å²) in [4.78, 5) is 19.7. The maximum Gasteiger partial charge on any atom is 0.326 e. The van der Waals surface area contributed by atoms with Crippen LogP contribution >= 0.6 is 11.3 Å². The Morgan fingerprint density at radius 3 is 2.68 bits per heavy atom. The summed E-state index contributed by atoms with van der Waals surface area (Å²) >= 11 is 1.59. The number of urea groups is 1. The van der Waals surface area contributed by atoms with Gasteiger partial charge >= 0.3 is 6.03 Å². The Labute approximate surface area is 113 Å². The number of amides is 2. The Morgan fingerprint density at radius 1 is 1.05 bits per heavy atom. The largest absolute Gasteiger partial charge is 0.326 e. The summed E-state index contributed by atoms with van der Waals surface area (Å²) < 4.78 is 1.13. The molecule has 0 aliphatic carbocycles. The molecular formula is C13H10N4OS. The highest BCUT2D eigenvalue weighted by Gasteiger charge is 2.08. The van der Waals surface area contributed by atoms with Crippen molar-refractivity contribution in [3.63, 3.8) is 0 Å². The normalized spacial score (nSPS) is 10.3. The van der Waals surface area contributed by atoms with E-state index in [2.05, 4.69) is 20.6 Å². The maximum atomic E-state index is 11.8. The summed E-state index contributed by atoms with van der Waals surface area (Å²) in [5.41, 5.74) is 0.786. The minimum Gasteiger partial charge on any atom is -0.306 e. The van der Waals surface area contributed by atoms with Gasteiger partial charge in [0.05, 0.1) is 5.69 Å². The van der Waals surface area contributed by atoms with Crippen molar-refractivity contribution in [3.05, 3.63) is 48.1 Å². The first-order chi connectivity index (χ1) is 9.33. The second-order valence-corrected chi connectivity index (χ2v) is 4.71. The van der Waals surface area contributed by atoms with E-state index in [-0.39, 0.29) is 12.0 Å². The summed E-state index contributed by atoms with van der Waals surface area (Å²) in [6.45, 7) is 0. The van der Waals surface area contributed by atoms with Gasteiger partial charge in [-0.25, -0.2) is 14.8 Å². The molecule has 94 valence electrons. The molecule has 0 spiro atoms. The molecule has 0 atom stereocenters. The van der Waals surface area contributed by atoms with Crippen molar-refractivity contribution < 1.29 is 4.79 Å². The fourth-order valence-corrected chi connectivity index (χ4v) is 2.59. The van der Waals surface area contributed by atoms with Crippen LogP contribution in [0, 0.1) is 0 Å². The molecule has 0 saturated carbocycles. The van der Waals surface area contributed by atoms with Crippen LogP contribution in [0.2, 0.25) is 0 Å². The van der Waals surface area contributed by atoms with Crippen LogP contribution in [0.1, 0.15) is 0 Å². The van der Waals surface area contributed by atoms with Crippen molar-refractivity contribution in [2.24, 2.45) is 0 Å². The number of carbonyl (C=O) groups excluding carboxylic acids is 1. The zero-order valence-electron chi connectivity index (χ0n) is 9.83. The number of hydrogen-bond donors (Lipinski definition) is 2. The lowest BCUT2D eigenvalue weighted by molar-refractivity contribution is 0.262. The van der Waals surface area contributed by atoms with E-state index in [9.17, 15) is 4.79 Å². The minimum atomic E-state index is -0.352. The monoisotopic (exact) mass is 270 g/mol. The third kappa shape index (κ3) is 2.53. The number of nitrogens with zero attached hydrogens (tertiary/aromatic N) is 2. The summed E-state index contributed by atoms with van der Waals surface area (Å²) in [5, 5.41) is 8.31. The first kappa shape index (κ1) is 11.6. The van der Waals surface area contributed by atoms with Gasteiger partial charge in [0, 0.05) is 27.9 Å². The van der Waals surface area contributed by atoms with E-state index in [0.717, 1.165) is 15.8 Å². The number of thiophene rings is 1. The second kappa shape index (κ2) is 5.03. The van der Waals surface area contributed by atoms with Crippen molar-refractivity contribution in [1.29, 1.82) is 0 Å². The van der Waals surface area contributed by atoms with E-state index in [1.54, 1.807) is 29.8 Å². The molecule has 1 aromatic carbocycles. The Balaban J connectivity index is 1.76. The summed E-state index contributed by atoms with van der Waals surface area (Å²) in [5.74, 6) is 0.277. The molecule has 6 heteroatoms. The van der Waals surface area contributed by atoms with Crippen LogP contribution in [0.3, 0.4) is 0 Å². The Hall–Kier alpha value is -2.47. The van der Waals surface area contributed by atoms with Crippen molar-refractivity contribution in [1.82, 2.24) is 9.97 Å². The number of benzene rings is 1. The quantitative estimate of drug-likeness (QED) is 0.750. The fraction of sp³-hybridized carbons (Fsp3) is 0. The minimum absolute atomic E-state index is 0.277. The number of anilines is 2. The van der Waals surface area contributed by atoms with E-state index in [1.165, 1.54) is 0 Å². The molecule has 0 fully saturated rings. The van der Waals surface area contributed by atoms with E-state index < -0.39 is 0 Å². The third-order valence-corrected chi connectivity index (χ3v) is 3.48. The average molecular weight is 270 g/mol. The van der Waals surface area contributed by atoms with Crippen LogP contribution in [0.25, 0.3) is 10.1 Å². The molecule has 0 bridgehead atoms. The van der Waals surface area contributed by atoms with Crippen LogP contribution in [0.5, 0.6) is 0 Å². The van der Waals surface area contributed by atoms with Crippen LogP contribution < -0.4 is 10.6 Å². The predicted octanol–water partition coefficient (Wildman–Crippen LogP) is 3.34. The molecule has 2 aromatic heterocycles. The molecule has 2 N–H and O–H groups in total. The van der Waals surface area contributed by atoms with Gasteiger partial charge in [0.2, 0.25) is 5.95 Å². The summed E-state index contributed by atoms with van der Waals surface area (Å²) in [6.07, 6.45) is 3.14. The van der Waals surface area contributed by atoms with Crippen molar-refractivity contribution in [3.8, 4) is 0 Å². The lowest BCUT2D eigenvalue weighted by Crippen LogP contribution is -2.20. The zero-order valence-corrected chi connectivity index (χ0v) is 10.6. The first-order valence-electron chi connectivity index (χ1n) is 5.64. The zero-order chi connectivity index (χ0) is 13.1. The van der Waals surface area contributed by atoms with Crippen LogP contribution in [-0.4, -0.2) is 16.0 Å². The molecule has 0 radical (unpaired) electrons. The van der Waals surface area contributed by atoms with Crippen molar-refractivity contribution in [2.75, 3.05) is 10.6 Å². The molecule has 2 amide bonds. The lowest BCUT2D eigenvalue weighted by Gasteiger charge is -2.04. The number of rotatable bonds is 2. The Morgan fingerprint density at radius 2 is 1.84 bits per heavy atom. The Bertz CT molecular complexity index is 711. The third-order valence-electron chi connectivity index (χ3n) is 2.52. The van der Waals surface area contributed by atoms with E-state index >= 15 is 0 Å². The molecule has 0 unspecified atom stereocenters. The molecule has 2 heterocycles. The second-order valence-electron chi connectivity index (χ2n) is 3.80. The SMILES string of the molecule is O=C(Nc1ncccn1)Nc1csc2ccccc12. The van der Waals surface area contributed by atoms with Crippen molar-refractivity contribution in [2.45, 2.75) is 0 Å². The van der Waals surface area contributed by atoms with Crippen LogP contribution in [0.15, 0.2) is 48.1 Å². The van der Waals surface area contributed by atoms with E-state index in [4.69, 9.17) is 0 Å². The molecule has 0 aliphatic heterocycles. The van der Waals surface area contributed by atoms with Gasteiger partial charge in [-0.15, -0.1) is 11.3 Å². The molecular weight excluding hydrogens is 260 g/mol. The van der Waals surface area contributed by atoms with Crippen LogP contribution in [0.4, 0.5) is 16.4 Å². The topological polar surface area (TPSA) is 66.9 Å². The highest BCUT2D eigenvalue weighted by molar-refractivity contribution is 7.17. The van der Waals surface area contributed by atoms with Gasteiger partial charge in [0.1, 0.15) is 0 Å². The van der Waals surface area contributed by atoms with Gasteiger partial charge in [-0.3, -0.25) is 5.32 Å². The number of carbonyl (C=O) groups is 1. The number of aromatic nitrogens is 2. The highest BCUT2D eigenvalue weighted by atomic mass is 32.1. The highest BCUT2D eigenvalue weighted by Crippen LogP contribution is 2.29. The fourth-order valence-electron chi connectivity index (χ4n) is 1.69. The number of hydrogen-bond acceptors (Lipinski definition) is 4. The molecule has 5 nitrogen and oxygen atoms in total. The molecule has 3 rings (SSSR count). The first-order valence-corrected chi connectivity index (χ1v) is 6.52. The summed E-state index contributed by atoms with van der Waals surface area (Å²) in [7, 11) is 0. The maximum absolute atomic E-state index is 11.8.